The van der Waals surface area contributed by atoms with Gasteiger partial charge in [0.25, 0.3) is 0 Å². The third-order valence-corrected chi connectivity index (χ3v) is 5.58. The molecule has 0 spiro atoms. The highest BCUT2D eigenvalue weighted by Gasteiger charge is 2.21. The Hall–Kier alpha value is -3.41. The number of aryl methyl sites for hydroxylation is 1. The molecule has 2 heterocycles. The van der Waals surface area contributed by atoms with Gasteiger partial charge in [-0.25, -0.2) is 4.39 Å². The van der Waals surface area contributed by atoms with E-state index in [1.165, 1.54) is 25.3 Å². The highest BCUT2D eigenvalue weighted by atomic mass is 19.1. The average molecular weight is 435 g/mol. The number of aromatic nitrogens is 1. The summed E-state index contributed by atoms with van der Waals surface area (Å²) in [6.45, 7) is 9.00. The van der Waals surface area contributed by atoms with Crippen molar-refractivity contribution in [1.29, 1.82) is 0 Å². The van der Waals surface area contributed by atoms with Crippen LogP contribution in [0.1, 0.15) is 38.3 Å². The number of H-pyrrole nitrogens is 1. The van der Waals surface area contributed by atoms with E-state index in [-0.39, 0.29) is 10.8 Å². The number of pyridine rings is 1. The zero-order valence-corrected chi connectivity index (χ0v) is 19.0. The van der Waals surface area contributed by atoms with Crippen molar-refractivity contribution in [2.24, 2.45) is 4.99 Å². The molecule has 0 amide bonds. The van der Waals surface area contributed by atoms with Gasteiger partial charge < -0.3 is 14.5 Å². The maximum Gasteiger partial charge on any atom is 0.191 e. The zero-order chi connectivity index (χ0) is 23.0. The van der Waals surface area contributed by atoms with Crippen LogP contribution in [0, 0.1) is 12.7 Å². The minimum absolute atomic E-state index is 0.0817. The first-order valence-electron chi connectivity index (χ1n) is 10.6. The summed E-state index contributed by atoms with van der Waals surface area (Å²) in [5, 5.41) is 0.603. The molecule has 0 unspecified atom stereocenters. The molecule has 1 aromatic heterocycles. The summed E-state index contributed by atoms with van der Waals surface area (Å²) in [5.74, 6) is 0.818. The Kier molecular flexibility index (Phi) is 5.63. The molecule has 32 heavy (non-hydrogen) atoms. The van der Waals surface area contributed by atoms with E-state index in [1.54, 1.807) is 6.07 Å². The third kappa shape index (κ3) is 4.17. The van der Waals surface area contributed by atoms with Gasteiger partial charge in [-0.3, -0.25) is 9.79 Å². The molecule has 4 rings (SSSR count). The first kappa shape index (κ1) is 21.8. The van der Waals surface area contributed by atoms with Crippen molar-refractivity contribution in [3.05, 3.63) is 74.3 Å². The first-order valence-corrected chi connectivity index (χ1v) is 10.6. The van der Waals surface area contributed by atoms with Crippen LogP contribution in [0.4, 0.5) is 4.39 Å². The van der Waals surface area contributed by atoms with Crippen LogP contribution >= 0.6 is 0 Å². The minimum atomic E-state index is -0.411. The number of rotatable bonds is 4. The standard InChI is InChI=1S/C26H27FN2O3/c1-15-11-16(26(2,3)4)12-23(32-21-9-8-17(27)13-22(21)31-5)24(15)19-14-20(30)18-7-6-10-28-25(18)29-19/h7-9,11-14H,6,10H2,1-5H3,(H,28,29). The van der Waals surface area contributed by atoms with Gasteiger partial charge in [-0.2, -0.15) is 0 Å². The zero-order valence-electron chi connectivity index (χ0n) is 19.0. The Bertz CT molecular complexity index is 1370. The van der Waals surface area contributed by atoms with E-state index in [0.717, 1.165) is 23.1 Å². The quantitative estimate of drug-likeness (QED) is 0.662. The van der Waals surface area contributed by atoms with Gasteiger partial charge in [-0.1, -0.05) is 32.9 Å². The minimum Gasteiger partial charge on any atom is -0.493 e. The Morgan fingerprint density at radius 3 is 2.56 bits per heavy atom. The summed E-state index contributed by atoms with van der Waals surface area (Å²) in [6.07, 6.45) is 2.68. The monoisotopic (exact) mass is 434 g/mol. The second-order valence-electron chi connectivity index (χ2n) is 9.00. The van der Waals surface area contributed by atoms with Crippen molar-refractivity contribution in [1.82, 2.24) is 4.98 Å². The second kappa shape index (κ2) is 8.26. The molecule has 0 fully saturated rings. The molecule has 0 aliphatic carbocycles. The fourth-order valence-electron chi connectivity index (χ4n) is 3.86. The fourth-order valence-corrected chi connectivity index (χ4v) is 3.86. The van der Waals surface area contributed by atoms with Crippen LogP contribution in [0.2, 0.25) is 0 Å². The predicted molar refractivity (Wildman–Crippen MR) is 124 cm³/mol. The first-order chi connectivity index (χ1) is 15.2. The number of fused-ring (bicyclic) bond motifs is 1. The van der Waals surface area contributed by atoms with Gasteiger partial charge in [-0.05, 0) is 48.1 Å². The van der Waals surface area contributed by atoms with Crippen LogP contribution in [0.15, 0.2) is 46.2 Å². The number of nitrogens with zero attached hydrogens (tertiary/aromatic N) is 1. The Morgan fingerprint density at radius 1 is 1.06 bits per heavy atom. The molecule has 2 aromatic carbocycles. The number of methoxy groups -OCH3 is 1. The fraction of sp³-hybridized carbons (Fsp3) is 0.308. The predicted octanol–water partition coefficient (Wildman–Crippen LogP) is 4.39. The maximum absolute atomic E-state index is 13.7. The van der Waals surface area contributed by atoms with Gasteiger partial charge in [-0.15, -0.1) is 0 Å². The van der Waals surface area contributed by atoms with Crippen molar-refractivity contribution in [2.75, 3.05) is 13.7 Å². The average Bonchev–Trinajstić information content (AvgIpc) is 2.74. The van der Waals surface area contributed by atoms with Gasteiger partial charge >= 0.3 is 0 Å². The number of ether oxygens (including phenoxy) is 2. The second-order valence-corrected chi connectivity index (χ2v) is 9.00. The van der Waals surface area contributed by atoms with E-state index in [1.807, 2.05) is 19.1 Å². The van der Waals surface area contributed by atoms with Crippen LogP contribution in [0.5, 0.6) is 17.2 Å². The molecule has 0 saturated heterocycles. The normalized spacial score (nSPS) is 13.1. The smallest absolute Gasteiger partial charge is 0.191 e. The summed E-state index contributed by atoms with van der Waals surface area (Å²) in [5.41, 5.74) is 3.79. The summed E-state index contributed by atoms with van der Waals surface area (Å²) in [7, 11) is 1.47. The van der Waals surface area contributed by atoms with Crippen molar-refractivity contribution in [3.63, 3.8) is 0 Å². The number of nitrogens with one attached hydrogen (secondary N) is 1. The molecule has 0 saturated carbocycles. The number of benzene rings is 2. The van der Waals surface area contributed by atoms with E-state index < -0.39 is 5.82 Å². The van der Waals surface area contributed by atoms with Crippen LogP contribution in [0.3, 0.4) is 0 Å². The Labute approximate surface area is 186 Å². The van der Waals surface area contributed by atoms with Crippen molar-refractivity contribution >= 4 is 6.08 Å². The number of hydrogen-bond donors (Lipinski definition) is 1. The molecule has 0 radical (unpaired) electrons. The van der Waals surface area contributed by atoms with Crippen molar-refractivity contribution in [3.8, 4) is 28.5 Å². The molecule has 3 aromatic rings. The molecule has 1 aliphatic rings. The van der Waals surface area contributed by atoms with Crippen LogP contribution in [-0.4, -0.2) is 18.6 Å². The van der Waals surface area contributed by atoms with Gasteiger partial charge in [0.05, 0.1) is 18.0 Å². The molecule has 0 bridgehead atoms. The molecule has 5 nitrogen and oxygen atoms in total. The highest BCUT2D eigenvalue weighted by Crippen LogP contribution is 2.41. The molecule has 1 N–H and O–H groups in total. The molecule has 6 heteroatoms. The van der Waals surface area contributed by atoms with E-state index >= 15 is 0 Å². The lowest BCUT2D eigenvalue weighted by Gasteiger charge is -2.23. The summed E-state index contributed by atoms with van der Waals surface area (Å²) < 4.78 is 25.3. The third-order valence-electron chi connectivity index (χ3n) is 5.58. The molecule has 166 valence electrons. The number of hydrogen-bond acceptors (Lipinski definition) is 4. The van der Waals surface area contributed by atoms with Gasteiger partial charge in [0, 0.05) is 24.2 Å². The largest absolute Gasteiger partial charge is 0.493 e. The maximum atomic E-state index is 13.7. The summed E-state index contributed by atoms with van der Waals surface area (Å²) in [4.78, 5) is 20.6. The topological polar surface area (TPSA) is 63.7 Å². The Balaban J connectivity index is 1.96. The van der Waals surface area contributed by atoms with E-state index in [0.29, 0.717) is 40.2 Å². The van der Waals surface area contributed by atoms with Crippen molar-refractivity contribution < 1.29 is 13.9 Å². The van der Waals surface area contributed by atoms with Crippen molar-refractivity contribution in [2.45, 2.75) is 39.5 Å². The lowest BCUT2D eigenvalue weighted by molar-refractivity contribution is 0.375. The van der Waals surface area contributed by atoms with Gasteiger partial charge in [0.1, 0.15) is 17.1 Å². The molecule has 1 aliphatic heterocycles. The lowest BCUT2D eigenvalue weighted by Crippen LogP contribution is -2.43. The molecule has 0 atom stereocenters. The van der Waals surface area contributed by atoms with Crippen LogP contribution in [0.25, 0.3) is 17.3 Å². The highest BCUT2D eigenvalue weighted by molar-refractivity contribution is 5.73. The lowest BCUT2D eigenvalue weighted by atomic mass is 9.84. The van der Waals surface area contributed by atoms with Crippen LogP contribution in [-0.2, 0) is 5.41 Å². The van der Waals surface area contributed by atoms with E-state index in [4.69, 9.17) is 9.47 Å². The van der Waals surface area contributed by atoms with Gasteiger partial charge in [0.2, 0.25) is 0 Å². The SMILES string of the molecule is COc1cc(F)ccc1Oc1cc(C(C)(C)C)cc(C)c1-c1cc(=O)c2c([nH]1)=NCCC=2. The van der Waals surface area contributed by atoms with E-state index in [2.05, 4.69) is 36.8 Å². The van der Waals surface area contributed by atoms with Gasteiger partial charge in [0.15, 0.2) is 16.9 Å². The Morgan fingerprint density at radius 2 is 1.84 bits per heavy atom. The van der Waals surface area contributed by atoms with E-state index in [9.17, 15) is 9.18 Å². The summed E-state index contributed by atoms with van der Waals surface area (Å²) >= 11 is 0. The molecular formula is C26H27FN2O3. The number of aromatic amines is 1. The summed E-state index contributed by atoms with van der Waals surface area (Å²) in [6, 6.07) is 9.80. The molecular weight excluding hydrogens is 407 g/mol. The van der Waals surface area contributed by atoms with Crippen LogP contribution < -0.4 is 25.6 Å². The number of halogens is 1.